The number of benzene rings is 1. The summed E-state index contributed by atoms with van der Waals surface area (Å²) in [7, 11) is 0. The zero-order valence-corrected chi connectivity index (χ0v) is 11.1. The topological polar surface area (TPSA) is 56.7 Å². The smallest absolute Gasteiger partial charge is 0.169 e. The number of unbranched alkanes of at least 4 members (excludes halogenated alkanes) is 1. The monoisotopic (exact) mass is 244 g/mol. The first kappa shape index (κ1) is 12.6. The van der Waals surface area contributed by atoms with Crippen LogP contribution in [0.2, 0.25) is 0 Å². The van der Waals surface area contributed by atoms with Crippen LogP contribution in [0.15, 0.2) is 24.3 Å². The van der Waals surface area contributed by atoms with Gasteiger partial charge in [0.25, 0.3) is 0 Å². The molecule has 0 bridgehead atoms. The molecule has 0 unspecified atom stereocenters. The summed E-state index contributed by atoms with van der Waals surface area (Å²) in [5, 5.41) is 8.02. The van der Waals surface area contributed by atoms with Crippen LogP contribution in [0.1, 0.15) is 37.9 Å². The van der Waals surface area contributed by atoms with Crippen molar-refractivity contribution >= 4 is 5.82 Å². The first-order valence-electron chi connectivity index (χ1n) is 6.55. The van der Waals surface area contributed by atoms with Crippen molar-refractivity contribution in [2.45, 2.75) is 39.5 Å². The normalized spacial score (nSPS) is 10.8. The van der Waals surface area contributed by atoms with Gasteiger partial charge in [-0.1, -0.05) is 37.6 Å². The van der Waals surface area contributed by atoms with Crippen LogP contribution in [-0.4, -0.2) is 15.0 Å². The van der Waals surface area contributed by atoms with Crippen molar-refractivity contribution < 1.29 is 0 Å². The van der Waals surface area contributed by atoms with Gasteiger partial charge in [0.05, 0.1) is 11.4 Å². The zero-order valence-electron chi connectivity index (χ0n) is 11.1. The number of anilines is 1. The third-order valence-electron chi connectivity index (χ3n) is 3.13. The maximum atomic E-state index is 5.79. The Kier molecular flexibility index (Phi) is 3.97. The summed E-state index contributed by atoms with van der Waals surface area (Å²) < 4.78 is 1.82. The van der Waals surface area contributed by atoms with Gasteiger partial charge in [-0.2, -0.15) is 0 Å². The lowest BCUT2D eigenvalue weighted by atomic mass is 10.1. The number of rotatable bonds is 5. The number of aromatic nitrogens is 3. The minimum absolute atomic E-state index is 0.521. The molecule has 0 atom stereocenters. The van der Waals surface area contributed by atoms with E-state index in [9.17, 15) is 0 Å². The van der Waals surface area contributed by atoms with E-state index in [4.69, 9.17) is 5.73 Å². The van der Waals surface area contributed by atoms with Crippen molar-refractivity contribution in [2.75, 3.05) is 5.73 Å². The van der Waals surface area contributed by atoms with E-state index in [1.54, 1.807) is 0 Å². The van der Waals surface area contributed by atoms with E-state index in [0.29, 0.717) is 5.82 Å². The van der Waals surface area contributed by atoms with Gasteiger partial charge in [-0.3, -0.25) is 0 Å². The lowest BCUT2D eigenvalue weighted by molar-refractivity contribution is 0.764. The van der Waals surface area contributed by atoms with E-state index in [2.05, 4.69) is 48.4 Å². The molecule has 0 amide bonds. The van der Waals surface area contributed by atoms with Crippen LogP contribution >= 0.6 is 0 Å². The fourth-order valence-corrected chi connectivity index (χ4v) is 2.04. The highest BCUT2D eigenvalue weighted by Crippen LogP contribution is 2.16. The second-order valence-electron chi connectivity index (χ2n) is 4.46. The van der Waals surface area contributed by atoms with Crippen LogP contribution < -0.4 is 5.73 Å². The SMILES string of the molecule is CCCCc1ccc(-n2nnc(N)c2CC)cc1. The molecule has 0 saturated carbocycles. The van der Waals surface area contributed by atoms with Gasteiger partial charge in [-0.05, 0) is 37.0 Å². The number of nitrogens with two attached hydrogens (primary N) is 1. The quantitative estimate of drug-likeness (QED) is 0.879. The summed E-state index contributed by atoms with van der Waals surface area (Å²) in [5.74, 6) is 0.521. The zero-order chi connectivity index (χ0) is 13.0. The molecule has 1 aromatic heterocycles. The molecule has 96 valence electrons. The molecular weight excluding hydrogens is 224 g/mol. The average Bonchev–Trinajstić information content (AvgIpc) is 2.78. The van der Waals surface area contributed by atoms with Crippen LogP contribution in [0.5, 0.6) is 0 Å². The summed E-state index contributed by atoms with van der Waals surface area (Å²) in [5.41, 5.74) is 9.15. The van der Waals surface area contributed by atoms with Gasteiger partial charge in [-0.25, -0.2) is 4.68 Å². The third kappa shape index (κ3) is 2.53. The molecule has 0 aliphatic heterocycles. The highest BCUT2D eigenvalue weighted by Gasteiger charge is 2.09. The summed E-state index contributed by atoms with van der Waals surface area (Å²) >= 11 is 0. The molecule has 0 aliphatic rings. The summed E-state index contributed by atoms with van der Waals surface area (Å²) in [4.78, 5) is 0. The Morgan fingerprint density at radius 1 is 1.17 bits per heavy atom. The Hall–Kier alpha value is -1.84. The molecule has 0 fully saturated rings. The Morgan fingerprint density at radius 3 is 2.50 bits per heavy atom. The minimum Gasteiger partial charge on any atom is -0.381 e. The maximum absolute atomic E-state index is 5.79. The molecule has 4 heteroatoms. The Labute approximate surface area is 108 Å². The Balaban J connectivity index is 2.23. The molecule has 2 rings (SSSR count). The molecule has 1 heterocycles. The third-order valence-corrected chi connectivity index (χ3v) is 3.13. The molecule has 4 nitrogen and oxygen atoms in total. The Morgan fingerprint density at radius 2 is 1.89 bits per heavy atom. The largest absolute Gasteiger partial charge is 0.381 e. The van der Waals surface area contributed by atoms with Crippen molar-refractivity contribution in [1.29, 1.82) is 0 Å². The summed E-state index contributed by atoms with van der Waals surface area (Å²) in [6.45, 7) is 4.27. The molecule has 0 saturated heterocycles. The molecule has 0 radical (unpaired) electrons. The van der Waals surface area contributed by atoms with E-state index in [1.165, 1.54) is 18.4 Å². The maximum Gasteiger partial charge on any atom is 0.169 e. The average molecular weight is 244 g/mol. The number of nitrogen functional groups attached to an aromatic ring is 1. The van der Waals surface area contributed by atoms with Crippen molar-refractivity contribution in [3.05, 3.63) is 35.5 Å². The second kappa shape index (κ2) is 5.67. The molecule has 1 aromatic carbocycles. The first-order valence-corrected chi connectivity index (χ1v) is 6.55. The van der Waals surface area contributed by atoms with Crippen LogP contribution in [0.25, 0.3) is 5.69 Å². The van der Waals surface area contributed by atoms with Gasteiger partial charge in [0, 0.05) is 0 Å². The fourth-order valence-electron chi connectivity index (χ4n) is 2.04. The van der Waals surface area contributed by atoms with Crippen LogP contribution in [0, 0.1) is 0 Å². The van der Waals surface area contributed by atoms with Crippen molar-refractivity contribution in [2.24, 2.45) is 0 Å². The van der Waals surface area contributed by atoms with E-state index in [-0.39, 0.29) is 0 Å². The van der Waals surface area contributed by atoms with Crippen molar-refractivity contribution in [3.63, 3.8) is 0 Å². The molecule has 0 spiro atoms. The number of nitrogens with zero attached hydrogens (tertiary/aromatic N) is 3. The van der Waals surface area contributed by atoms with E-state index >= 15 is 0 Å². The van der Waals surface area contributed by atoms with Gasteiger partial charge in [0.15, 0.2) is 5.82 Å². The fraction of sp³-hybridized carbons (Fsp3) is 0.429. The van der Waals surface area contributed by atoms with Crippen LogP contribution in [0.4, 0.5) is 5.82 Å². The minimum atomic E-state index is 0.521. The van der Waals surface area contributed by atoms with E-state index in [0.717, 1.165) is 24.2 Å². The highest BCUT2D eigenvalue weighted by molar-refractivity contribution is 5.41. The van der Waals surface area contributed by atoms with Gasteiger partial charge in [0.1, 0.15) is 0 Å². The predicted octanol–water partition coefficient (Wildman–Crippen LogP) is 2.75. The van der Waals surface area contributed by atoms with Gasteiger partial charge >= 0.3 is 0 Å². The lowest BCUT2D eigenvalue weighted by Crippen LogP contribution is -2.02. The van der Waals surface area contributed by atoms with E-state index < -0.39 is 0 Å². The predicted molar refractivity (Wildman–Crippen MR) is 73.8 cm³/mol. The lowest BCUT2D eigenvalue weighted by Gasteiger charge is -2.06. The summed E-state index contributed by atoms with van der Waals surface area (Å²) in [6.07, 6.45) is 4.42. The molecule has 18 heavy (non-hydrogen) atoms. The Bertz CT molecular complexity index is 499. The van der Waals surface area contributed by atoms with E-state index in [1.807, 2.05) is 4.68 Å². The second-order valence-corrected chi connectivity index (χ2v) is 4.46. The first-order chi connectivity index (χ1) is 8.76. The number of hydrogen-bond acceptors (Lipinski definition) is 3. The molecule has 0 aliphatic carbocycles. The van der Waals surface area contributed by atoms with Gasteiger partial charge < -0.3 is 5.73 Å². The molecule has 2 aromatic rings. The van der Waals surface area contributed by atoms with Crippen LogP contribution in [0.3, 0.4) is 0 Å². The standard InChI is InChI=1S/C14H20N4/c1-3-5-6-11-7-9-12(10-8-11)18-13(4-2)14(15)16-17-18/h7-10H,3-6,15H2,1-2H3. The van der Waals surface area contributed by atoms with Gasteiger partial charge in [-0.15, -0.1) is 5.10 Å². The van der Waals surface area contributed by atoms with Crippen molar-refractivity contribution in [3.8, 4) is 5.69 Å². The molecule has 2 N–H and O–H groups in total. The number of aryl methyl sites for hydroxylation is 1. The highest BCUT2D eigenvalue weighted by atomic mass is 15.4. The van der Waals surface area contributed by atoms with Crippen LogP contribution in [-0.2, 0) is 12.8 Å². The van der Waals surface area contributed by atoms with Gasteiger partial charge in [0.2, 0.25) is 0 Å². The summed E-state index contributed by atoms with van der Waals surface area (Å²) in [6, 6.07) is 8.47. The van der Waals surface area contributed by atoms with Crippen molar-refractivity contribution in [1.82, 2.24) is 15.0 Å². The molecular formula is C14H20N4. The number of hydrogen-bond donors (Lipinski definition) is 1.